The van der Waals surface area contributed by atoms with Gasteiger partial charge in [0.25, 0.3) is 5.91 Å². The van der Waals surface area contributed by atoms with Crippen LogP contribution in [-0.2, 0) is 4.79 Å². The molecule has 154 valence electrons. The Morgan fingerprint density at radius 3 is 2.50 bits per heavy atom. The van der Waals surface area contributed by atoms with Crippen LogP contribution in [-0.4, -0.2) is 25.9 Å². The summed E-state index contributed by atoms with van der Waals surface area (Å²) in [5.74, 6) is 1.05. The summed E-state index contributed by atoms with van der Waals surface area (Å²) < 4.78 is 16.9. The molecule has 0 aromatic heterocycles. The van der Waals surface area contributed by atoms with E-state index in [0.29, 0.717) is 40.7 Å². The van der Waals surface area contributed by atoms with Gasteiger partial charge in [-0.25, -0.2) is 0 Å². The van der Waals surface area contributed by atoms with Gasteiger partial charge >= 0.3 is 0 Å². The number of carbonyl (C=O) groups excluding carboxylic acids is 2. The van der Waals surface area contributed by atoms with Crippen LogP contribution in [0.5, 0.6) is 17.2 Å². The van der Waals surface area contributed by atoms with Crippen LogP contribution in [0.2, 0.25) is 0 Å². The standard InChI is InChI=1S/C24H23NO5/c1-3-29-22-14-17(16-26)12-13-21(22)30-23(18-8-5-4-6-9-18)24(27)25-19-10-7-11-20(15-19)28-2/h4-16,23H,3H2,1-2H3,(H,25,27)/t23-/m1/s1. The van der Waals surface area contributed by atoms with E-state index in [1.165, 1.54) is 0 Å². The Labute approximate surface area is 175 Å². The van der Waals surface area contributed by atoms with Gasteiger partial charge in [0.15, 0.2) is 11.5 Å². The minimum atomic E-state index is -0.932. The second-order valence-electron chi connectivity index (χ2n) is 6.39. The highest BCUT2D eigenvalue weighted by atomic mass is 16.5. The summed E-state index contributed by atoms with van der Waals surface area (Å²) in [6.07, 6.45) is -0.199. The second-order valence-corrected chi connectivity index (χ2v) is 6.39. The third-order valence-corrected chi connectivity index (χ3v) is 4.33. The number of amides is 1. The van der Waals surface area contributed by atoms with E-state index in [-0.39, 0.29) is 5.91 Å². The third-order valence-electron chi connectivity index (χ3n) is 4.33. The van der Waals surface area contributed by atoms with Crippen LogP contribution in [0.4, 0.5) is 5.69 Å². The van der Waals surface area contributed by atoms with Gasteiger partial charge in [0, 0.05) is 22.9 Å². The van der Waals surface area contributed by atoms with Gasteiger partial charge in [-0.2, -0.15) is 0 Å². The van der Waals surface area contributed by atoms with Gasteiger partial charge in [0.05, 0.1) is 13.7 Å². The average molecular weight is 405 g/mol. The first-order valence-electron chi connectivity index (χ1n) is 9.53. The number of nitrogens with one attached hydrogen (secondary N) is 1. The Balaban J connectivity index is 1.92. The molecular formula is C24H23NO5. The fraction of sp³-hybridized carbons (Fsp3) is 0.167. The van der Waals surface area contributed by atoms with Crippen molar-refractivity contribution in [2.75, 3.05) is 19.0 Å². The van der Waals surface area contributed by atoms with Crippen LogP contribution in [0.15, 0.2) is 72.8 Å². The van der Waals surface area contributed by atoms with E-state index in [1.54, 1.807) is 49.6 Å². The van der Waals surface area contributed by atoms with Gasteiger partial charge in [-0.15, -0.1) is 0 Å². The fourth-order valence-corrected chi connectivity index (χ4v) is 2.90. The molecule has 0 radical (unpaired) electrons. The SMILES string of the molecule is CCOc1cc(C=O)ccc1O[C@@H](C(=O)Nc1cccc(OC)c1)c1ccccc1. The van der Waals surface area contributed by atoms with E-state index in [2.05, 4.69) is 5.32 Å². The number of hydrogen-bond acceptors (Lipinski definition) is 5. The smallest absolute Gasteiger partial charge is 0.270 e. The molecule has 30 heavy (non-hydrogen) atoms. The lowest BCUT2D eigenvalue weighted by atomic mass is 10.1. The average Bonchev–Trinajstić information content (AvgIpc) is 2.79. The molecular weight excluding hydrogens is 382 g/mol. The largest absolute Gasteiger partial charge is 0.497 e. The number of hydrogen-bond donors (Lipinski definition) is 1. The summed E-state index contributed by atoms with van der Waals surface area (Å²) >= 11 is 0. The number of anilines is 1. The molecule has 0 spiro atoms. The quantitative estimate of drug-likeness (QED) is 0.524. The number of methoxy groups -OCH3 is 1. The maximum atomic E-state index is 13.1. The maximum Gasteiger partial charge on any atom is 0.270 e. The normalized spacial score (nSPS) is 11.3. The summed E-state index contributed by atoms with van der Waals surface area (Å²) in [5, 5.41) is 2.87. The molecule has 0 unspecified atom stereocenters. The predicted molar refractivity (Wildman–Crippen MR) is 114 cm³/mol. The minimum absolute atomic E-state index is 0.351. The van der Waals surface area contributed by atoms with Gasteiger partial charge in [0.2, 0.25) is 6.10 Å². The van der Waals surface area contributed by atoms with Crippen LogP contribution < -0.4 is 19.5 Å². The zero-order valence-corrected chi connectivity index (χ0v) is 16.8. The zero-order chi connectivity index (χ0) is 21.3. The highest BCUT2D eigenvalue weighted by Gasteiger charge is 2.24. The van der Waals surface area contributed by atoms with E-state index in [9.17, 15) is 9.59 Å². The first-order chi connectivity index (χ1) is 14.6. The van der Waals surface area contributed by atoms with Crippen molar-refractivity contribution >= 4 is 17.9 Å². The summed E-state index contributed by atoms with van der Waals surface area (Å²) in [4.78, 5) is 24.2. The third kappa shape index (κ3) is 5.17. The molecule has 1 amide bonds. The highest BCUT2D eigenvalue weighted by Crippen LogP contribution is 2.33. The van der Waals surface area contributed by atoms with Crippen LogP contribution >= 0.6 is 0 Å². The van der Waals surface area contributed by atoms with Crippen molar-refractivity contribution in [2.45, 2.75) is 13.0 Å². The van der Waals surface area contributed by atoms with Crippen molar-refractivity contribution in [1.29, 1.82) is 0 Å². The van der Waals surface area contributed by atoms with Crippen LogP contribution in [0.25, 0.3) is 0 Å². The van der Waals surface area contributed by atoms with Gasteiger partial charge in [-0.3, -0.25) is 9.59 Å². The summed E-state index contributed by atoms with van der Waals surface area (Å²) in [6, 6.07) is 21.1. The van der Waals surface area contributed by atoms with Gasteiger partial charge in [0.1, 0.15) is 12.0 Å². The predicted octanol–water partition coefficient (Wildman–Crippen LogP) is 4.67. The summed E-state index contributed by atoms with van der Waals surface area (Å²) in [7, 11) is 1.56. The lowest BCUT2D eigenvalue weighted by Gasteiger charge is -2.21. The molecule has 0 saturated carbocycles. The van der Waals surface area contributed by atoms with Gasteiger partial charge in [-0.1, -0.05) is 36.4 Å². The second kappa shape index (κ2) is 10.1. The molecule has 0 saturated heterocycles. The monoisotopic (exact) mass is 405 g/mol. The van der Waals surface area contributed by atoms with Crippen molar-refractivity contribution in [3.63, 3.8) is 0 Å². The van der Waals surface area contributed by atoms with Crippen molar-refractivity contribution in [2.24, 2.45) is 0 Å². The minimum Gasteiger partial charge on any atom is -0.497 e. The van der Waals surface area contributed by atoms with Crippen molar-refractivity contribution in [1.82, 2.24) is 0 Å². The van der Waals surface area contributed by atoms with E-state index < -0.39 is 6.10 Å². The molecule has 0 aliphatic carbocycles. The number of carbonyl (C=O) groups is 2. The fourth-order valence-electron chi connectivity index (χ4n) is 2.90. The Morgan fingerprint density at radius 1 is 1.00 bits per heavy atom. The topological polar surface area (TPSA) is 73.9 Å². The first kappa shape index (κ1) is 20.9. The molecule has 6 nitrogen and oxygen atoms in total. The molecule has 0 bridgehead atoms. The highest BCUT2D eigenvalue weighted by molar-refractivity contribution is 5.95. The number of benzene rings is 3. The maximum absolute atomic E-state index is 13.1. The molecule has 0 fully saturated rings. The van der Waals surface area contributed by atoms with Crippen molar-refractivity contribution < 1.29 is 23.8 Å². The lowest BCUT2D eigenvalue weighted by molar-refractivity contribution is -0.123. The van der Waals surface area contributed by atoms with Crippen LogP contribution in [0, 0.1) is 0 Å². The molecule has 3 rings (SSSR count). The number of ether oxygens (including phenoxy) is 3. The molecule has 3 aromatic rings. The van der Waals surface area contributed by atoms with Crippen molar-refractivity contribution in [3.8, 4) is 17.2 Å². The molecule has 1 N–H and O–H groups in total. The van der Waals surface area contributed by atoms with Gasteiger partial charge < -0.3 is 19.5 Å². The number of rotatable bonds is 9. The Hall–Kier alpha value is -3.80. The summed E-state index contributed by atoms with van der Waals surface area (Å²) in [5.41, 5.74) is 1.73. The Morgan fingerprint density at radius 2 is 1.80 bits per heavy atom. The molecule has 0 heterocycles. The molecule has 0 aliphatic heterocycles. The molecule has 1 atom stereocenters. The Bertz CT molecular complexity index is 1000. The van der Waals surface area contributed by atoms with E-state index in [0.717, 1.165) is 6.29 Å². The van der Waals surface area contributed by atoms with E-state index in [4.69, 9.17) is 14.2 Å². The van der Waals surface area contributed by atoms with Crippen molar-refractivity contribution in [3.05, 3.63) is 83.9 Å². The van der Waals surface area contributed by atoms with E-state index >= 15 is 0 Å². The molecule has 3 aromatic carbocycles. The lowest BCUT2D eigenvalue weighted by Crippen LogP contribution is -2.26. The Kier molecular flexibility index (Phi) is 7.05. The van der Waals surface area contributed by atoms with Gasteiger partial charge in [-0.05, 0) is 37.3 Å². The zero-order valence-electron chi connectivity index (χ0n) is 16.8. The van der Waals surface area contributed by atoms with Crippen LogP contribution in [0.3, 0.4) is 0 Å². The first-order valence-corrected chi connectivity index (χ1v) is 9.53. The molecule has 6 heteroatoms. The molecule has 0 aliphatic rings. The van der Waals surface area contributed by atoms with E-state index in [1.807, 2.05) is 37.3 Å². The number of aldehydes is 1. The van der Waals surface area contributed by atoms with Crippen LogP contribution in [0.1, 0.15) is 28.9 Å². The summed E-state index contributed by atoms with van der Waals surface area (Å²) in [6.45, 7) is 2.23.